The molecule has 2 N–H and O–H groups in total. The van der Waals surface area contributed by atoms with Crippen LogP contribution in [-0.4, -0.2) is 33.9 Å². The summed E-state index contributed by atoms with van der Waals surface area (Å²) in [6.45, 7) is 7.18. The van der Waals surface area contributed by atoms with Crippen LogP contribution in [-0.2, 0) is 13.1 Å². The highest BCUT2D eigenvalue weighted by atomic mass is 16.2. The number of benzene rings is 1. The average Bonchev–Trinajstić information content (AvgIpc) is 3.23. The monoisotopic (exact) mass is 378 g/mol. The van der Waals surface area contributed by atoms with Gasteiger partial charge in [0.1, 0.15) is 5.82 Å². The molecule has 0 radical (unpaired) electrons. The van der Waals surface area contributed by atoms with E-state index in [0.29, 0.717) is 13.1 Å². The number of rotatable bonds is 8. The Bertz CT molecular complexity index is 855. The molecule has 0 fully saturated rings. The Morgan fingerprint density at radius 2 is 1.82 bits per heavy atom. The van der Waals surface area contributed by atoms with Gasteiger partial charge < -0.3 is 15.5 Å². The van der Waals surface area contributed by atoms with Gasteiger partial charge in [0.25, 0.3) is 0 Å². The summed E-state index contributed by atoms with van der Waals surface area (Å²) in [6.07, 6.45) is 5.48. The summed E-state index contributed by atoms with van der Waals surface area (Å²) in [5, 5.41) is 9.89. The van der Waals surface area contributed by atoms with Crippen LogP contribution in [0.15, 0.2) is 61.1 Å². The van der Waals surface area contributed by atoms with Crippen LogP contribution < -0.4 is 15.5 Å². The topological polar surface area (TPSA) is 75.1 Å². The fourth-order valence-corrected chi connectivity index (χ4v) is 2.89. The third kappa shape index (κ3) is 5.33. The third-order valence-corrected chi connectivity index (χ3v) is 4.47. The first kappa shape index (κ1) is 19.4. The van der Waals surface area contributed by atoms with Gasteiger partial charge in [-0.1, -0.05) is 18.2 Å². The Hall–Kier alpha value is -3.35. The number of urea groups is 1. The summed E-state index contributed by atoms with van der Waals surface area (Å²) in [4.78, 5) is 18.8. The van der Waals surface area contributed by atoms with Gasteiger partial charge in [-0.15, -0.1) is 0 Å². The largest absolute Gasteiger partial charge is 0.357 e. The summed E-state index contributed by atoms with van der Waals surface area (Å²) in [5.41, 5.74) is 2.83. The number of hydrogen-bond acceptors (Lipinski definition) is 4. The number of hydrogen-bond donors (Lipinski definition) is 2. The number of nitrogens with one attached hydrogen (secondary N) is 2. The second kappa shape index (κ2) is 9.55. The number of nitrogens with zero attached hydrogens (tertiary/aromatic N) is 4. The smallest absolute Gasteiger partial charge is 0.319 e. The average molecular weight is 378 g/mol. The first-order valence-corrected chi connectivity index (χ1v) is 9.49. The van der Waals surface area contributed by atoms with Gasteiger partial charge in [0.15, 0.2) is 0 Å². The standard InChI is InChI=1S/C21H26N6O/c1-3-26(4-2)20-11-8-18(14-22-20)15-23-21(28)25-19-9-6-17(7-10-19)16-27-13-5-12-24-27/h5-14H,3-4,15-16H2,1-2H3,(H2,23,25,28). The van der Waals surface area contributed by atoms with Gasteiger partial charge in [-0.05, 0) is 49.2 Å². The number of anilines is 2. The molecule has 1 aromatic carbocycles. The summed E-state index contributed by atoms with van der Waals surface area (Å²) < 4.78 is 1.86. The fourth-order valence-electron chi connectivity index (χ4n) is 2.89. The number of carbonyl (C=O) groups excluding carboxylic acids is 1. The number of aromatic nitrogens is 3. The minimum absolute atomic E-state index is 0.243. The lowest BCUT2D eigenvalue weighted by Crippen LogP contribution is -2.28. The van der Waals surface area contributed by atoms with Crippen LogP contribution in [0.3, 0.4) is 0 Å². The van der Waals surface area contributed by atoms with Crippen molar-refractivity contribution >= 4 is 17.5 Å². The molecule has 0 bridgehead atoms. The Morgan fingerprint density at radius 3 is 2.43 bits per heavy atom. The van der Waals surface area contributed by atoms with E-state index >= 15 is 0 Å². The molecule has 28 heavy (non-hydrogen) atoms. The lowest BCUT2D eigenvalue weighted by Gasteiger charge is -2.19. The lowest BCUT2D eigenvalue weighted by atomic mass is 10.2. The van der Waals surface area contributed by atoms with Crippen molar-refractivity contribution in [3.8, 4) is 0 Å². The summed E-state index contributed by atoms with van der Waals surface area (Å²) in [7, 11) is 0. The maximum atomic E-state index is 12.1. The van der Waals surface area contributed by atoms with E-state index in [1.807, 2.05) is 53.3 Å². The van der Waals surface area contributed by atoms with Gasteiger partial charge in [-0.3, -0.25) is 4.68 Å². The molecule has 2 heterocycles. The molecule has 7 heteroatoms. The molecular weight excluding hydrogens is 352 g/mol. The zero-order valence-electron chi connectivity index (χ0n) is 16.3. The van der Waals surface area contributed by atoms with E-state index in [0.717, 1.165) is 35.7 Å². The highest BCUT2D eigenvalue weighted by molar-refractivity contribution is 5.89. The predicted octanol–water partition coefficient (Wildman–Crippen LogP) is 3.49. The van der Waals surface area contributed by atoms with E-state index < -0.39 is 0 Å². The van der Waals surface area contributed by atoms with Crippen LogP contribution >= 0.6 is 0 Å². The molecule has 0 saturated carbocycles. The summed E-state index contributed by atoms with van der Waals surface area (Å²) >= 11 is 0. The molecule has 2 aromatic heterocycles. The molecule has 0 aliphatic heterocycles. The molecule has 0 saturated heterocycles. The van der Waals surface area contributed by atoms with Gasteiger partial charge in [-0.2, -0.15) is 5.10 Å². The SMILES string of the molecule is CCN(CC)c1ccc(CNC(=O)Nc2ccc(Cn3cccn3)cc2)cn1. The van der Waals surface area contributed by atoms with E-state index in [1.54, 1.807) is 12.4 Å². The summed E-state index contributed by atoms with van der Waals surface area (Å²) in [5.74, 6) is 0.952. The Morgan fingerprint density at radius 1 is 1.07 bits per heavy atom. The molecule has 0 atom stereocenters. The van der Waals surface area contributed by atoms with Crippen LogP contribution in [0, 0.1) is 0 Å². The molecule has 0 spiro atoms. The molecule has 0 unspecified atom stereocenters. The number of amides is 2. The van der Waals surface area contributed by atoms with Crippen molar-refractivity contribution < 1.29 is 4.79 Å². The Balaban J connectivity index is 1.47. The van der Waals surface area contributed by atoms with E-state index in [9.17, 15) is 4.79 Å². The molecule has 0 aliphatic carbocycles. The maximum absolute atomic E-state index is 12.1. The van der Waals surface area contributed by atoms with Gasteiger partial charge >= 0.3 is 6.03 Å². The predicted molar refractivity (Wildman–Crippen MR) is 111 cm³/mol. The van der Waals surface area contributed by atoms with Crippen LogP contribution in [0.4, 0.5) is 16.3 Å². The van der Waals surface area contributed by atoms with E-state index in [2.05, 4.69) is 39.5 Å². The molecule has 2 amide bonds. The van der Waals surface area contributed by atoms with E-state index in [-0.39, 0.29) is 6.03 Å². The zero-order chi connectivity index (χ0) is 19.8. The second-order valence-electron chi connectivity index (χ2n) is 6.41. The Kier molecular flexibility index (Phi) is 6.62. The normalized spacial score (nSPS) is 10.5. The van der Waals surface area contributed by atoms with E-state index in [4.69, 9.17) is 0 Å². The van der Waals surface area contributed by atoms with Gasteiger partial charge in [0, 0.05) is 43.9 Å². The second-order valence-corrected chi connectivity index (χ2v) is 6.41. The fraction of sp³-hybridized carbons (Fsp3) is 0.286. The molecule has 3 aromatic rings. The minimum Gasteiger partial charge on any atom is -0.357 e. The zero-order valence-corrected chi connectivity index (χ0v) is 16.3. The van der Waals surface area contributed by atoms with Crippen LogP contribution in [0.2, 0.25) is 0 Å². The lowest BCUT2D eigenvalue weighted by molar-refractivity contribution is 0.251. The molecule has 3 rings (SSSR count). The van der Waals surface area contributed by atoms with Crippen molar-refractivity contribution in [1.29, 1.82) is 0 Å². The first-order chi connectivity index (χ1) is 13.7. The minimum atomic E-state index is -0.243. The van der Waals surface area contributed by atoms with Crippen molar-refractivity contribution in [3.63, 3.8) is 0 Å². The molecule has 7 nitrogen and oxygen atoms in total. The van der Waals surface area contributed by atoms with Gasteiger partial charge in [0.05, 0.1) is 6.54 Å². The van der Waals surface area contributed by atoms with Crippen molar-refractivity contribution in [1.82, 2.24) is 20.1 Å². The highest BCUT2D eigenvalue weighted by Crippen LogP contribution is 2.12. The van der Waals surface area contributed by atoms with Crippen LogP contribution in [0.1, 0.15) is 25.0 Å². The number of pyridine rings is 1. The van der Waals surface area contributed by atoms with Crippen LogP contribution in [0.5, 0.6) is 0 Å². The van der Waals surface area contributed by atoms with Gasteiger partial charge in [0.2, 0.25) is 0 Å². The van der Waals surface area contributed by atoms with E-state index in [1.165, 1.54) is 0 Å². The number of carbonyl (C=O) groups is 1. The highest BCUT2D eigenvalue weighted by Gasteiger charge is 2.05. The van der Waals surface area contributed by atoms with Gasteiger partial charge in [-0.25, -0.2) is 9.78 Å². The maximum Gasteiger partial charge on any atom is 0.319 e. The first-order valence-electron chi connectivity index (χ1n) is 9.49. The van der Waals surface area contributed by atoms with Crippen molar-refractivity contribution in [2.75, 3.05) is 23.3 Å². The van der Waals surface area contributed by atoms with Crippen molar-refractivity contribution in [2.45, 2.75) is 26.9 Å². The third-order valence-electron chi connectivity index (χ3n) is 4.47. The Labute approximate surface area is 165 Å². The van der Waals surface area contributed by atoms with Crippen molar-refractivity contribution in [2.24, 2.45) is 0 Å². The molecule has 0 aliphatic rings. The molecular formula is C21H26N6O. The van der Waals surface area contributed by atoms with Crippen molar-refractivity contribution in [3.05, 3.63) is 72.2 Å². The molecule has 146 valence electrons. The van der Waals surface area contributed by atoms with Crippen LogP contribution in [0.25, 0.3) is 0 Å². The quantitative estimate of drug-likeness (QED) is 0.629. The summed E-state index contributed by atoms with van der Waals surface area (Å²) in [6, 6.07) is 13.4.